The first-order valence-electron chi connectivity index (χ1n) is 12.7. The van der Waals surface area contributed by atoms with Crippen molar-refractivity contribution in [3.05, 3.63) is 102 Å². The molecular formula is C29H30BrN2O5P. The van der Waals surface area contributed by atoms with Gasteiger partial charge in [0.1, 0.15) is 19.3 Å². The Hall–Kier alpha value is -2.77. The van der Waals surface area contributed by atoms with E-state index in [0.717, 1.165) is 31.6 Å². The van der Waals surface area contributed by atoms with Crippen molar-refractivity contribution in [1.29, 1.82) is 0 Å². The number of rotatable bonds is 10. The predicted octanol–water partition coefficient (Wildman–Crippen LogP) is 6.06. The number of nitrogens with zero attached hydrogens (tertiary/aromatic N) is 2. The van der Waals surface area contributed by atoms with E-state index in [4.69, 9.17) is 14.0 Å². The van der Waals surface area contributed by atoms with Crippen LogP contribution in [-0.4, -0.2) is 59.9 Å². The van der Waals surface area contributed by atoms with Gasteiger partial charge in [-0.25, -0.2) is 14.3 Å². The number of esters is 2. The molecule has 2 heterocycles. The molecule has 3 aromatic carbocycles. The average molecular weight is 597 g/mol. The van der Waals surface area contributed by atoms with Crippen molar-refractivity contribution in [3.8, 4) is 0 Å². The molecule has 5 rings (SSSR count). The van der Waals surface area contributed by atoms with Gasteiger partial charge >= 0.3 is 11.9 Å². The second-order valence-electron chi connectivity index (χ2n) is 9.22. The monoisotopic (exact) mass is 596 g/mol. The minimum absolute atomic E-state index is 0.0203. The number of para-hydroxylation sites is 1. The first-order valence-corrected chi connectivity index (χ1v) is 14.8. The molecule has 0 bridgehead atoms. The van der Waals surface area contributed by atoms with Crippen molar-refractivity contribution < 1.29 is 23.6 Å². The number of alkyl halides is 1. The Morgan fingerprint density at radius 2 is 1.39 bits per heavy atom. The molecule has 38 heavy (non-hydrogen) atoms. The minimum atomic E-state index is -1.15. The van der Waals surface area contributed by atoms with Gasteiger partial charge in [-0.3, -0.25) is 0 Å². The Balaban J connectivity index is 1.32. The Morgan fingerprint density at radius 1 is 0.842 bits per heavy atom. The average Bonchev–Trinajstić information content (AvgIpc) is 3.57. The number of hydrogen-bond acceptors (Lipinski definition) is 7. The van der Waals surface area contributed by atoms with Crippen LogP contribution >= 0.6 is 24.4 Å². The third-order valence-corrected chi connectivity index (χ3v) is 9.70. The summed E-state index contributed by atoms with van der Waals surface area (Å²) >= 11 is 3.69. The van der Waals surface area contributed by atoms with Crippen LogP contribution in [0, 0.1) is 0 Å². The maximum absolute atomic E-state index is 12.7. The lowest BCUT2D eigenvalue weighted by molar-refractivity contribution is 0.0235. The summed E-state index contributed by atoms with van der Waals surface area (Å²) in [5.74, 6) is -0.828. The molecule has 0 radical (unpaired) electrons. The van der Waals surface area contributed by atoms with Gasteiger partial charge in [0.15, 0.2) is 0 Å². The maximum Gasteiger partial charge on any atom is 0.338 e. The quantitative estimate of drug-likeness (QED) is 0.160. The molecule has 0 aliphatic carbocycles. The summed E-state index contributed by atoms with van der Waals surface area (Å²) in [5, 5.41) is 0. The van der Waals surface area contributed by atoms with E-state index in [9.17, 15) is 9.59 Å². The maximum atomic E-state index is 12.7. The van der Waals surface area contributed by atoms with Crippen LogP contribution in [0.2, 0.25) is 0 Å². The minimum Gasteiger partial charge on any atom is -0.461 e. The van der Waals surface area contributed by atoms with Crippen LogP contribution in [0.25, 0.3) is 0 Å². The smallest absolute Gasteiger partial charge is 0.338 e. The van der Waals surface area contributed by atoms with Crippen LogP contribution in [0.5, 0.6) is 0 Å². The number of fused-ring (bicyclic) bond motifs is 1. The van der Waals surface area contributed by atoms with E-state index < -0.39 is 26.5 Å². The zero-order chi connectivity index (χ0) is 26.3. The molecule has 198 valence electrons. The highest BCUT2D eigenvalue weighted by molar-refractivity contribution is 9.09. The normalized spacial score (nSPS) is 20.5. The zero-order valence-electron chi connectivity index (χ0n) is 20.9. The molecule has 2 fully saturated rings. The van der Waals surface area contributed by atoms with Gasteiger partial charge in [-0.2, -0.15) is 0 Å². The van der Waals surface area contributed by atoms with Crippen LogP contribution in [0.4, 0.5) is 5.69 Å². The molecule has 0 spiro atoms. The lowest BCUT2D eigenvalue weighted by Crippen LogP contribution is -2.35. The van der Waals surface area contributed by atoms with Crippen LogP contribution in [0.3, 0.4) is 0 Å². The summed E-state index contributed by atoms with van der Waals surface area (Å²) in [6.07, 6.45) is 1.73. The molecule has 2 aliphatic heterocycles. The number of carbonyl (C=O) groups is 2. The van der Waals surface area contributed by atoms with E-state index in [2.05, 4.69) is 37.4 Å². The molecule has 2 aliphatic rings. The Kier molecular flexibility index (Phi) is 9.07. The molecule has 1 unspecified atom stereocenters. The largest absolute Gasteiger partial charge is 0.461 e. The van der Waals surface area contributed by atoms with Crippen LogP contribution in [-0.2, 0) is 14.0 Å². The van der Waals surface area contributed by atoms with Gasteiger partial charge in [-0.05, 0) is 49.2 Å². The summed E-state index contributed by atoms with van der Waals surface area (Å²) in [5.41, 5.74) is 2.06. The molecule has 4 atom stereocenters. The first-order chi connectivity index (χ1) is 18.6. The summed E-state index contributed by atoms with van der Waals surface area (Å²) in [6, 6.07) is 28.5. The summed E-state index contributed by atoms with van der Waals surface area (Å²) in [7, 11) is -1.15. The SMILES string of the molecule is O=C(OC[C@H](OP1N(c2ccccc2)C[C@@H]2CCCN21)[C@@H](Br)COC(=O)c1ccccc1)c1ccccc1. The van der Waals surface area contributed by atoms with Gasteiger partial charge in [-0.15, -0.1) is 0 Å². The number of benzene rings is 3. The van der Waals surface area contributed by atoms with Crippen LogP contribution < -0.4 is 4.67 Å². The van der Waals surface area contributed by atoms with E-state index in [-0.39, 0.29) is 18.0 Å². The third kappa shape index (κ3) is 6.44. The fourth-order valence-corrected chi connectivity index (χ4v) is 7.58. The number of anilines is 1. The van der Waals surface area contributed by atoms with E-state index in [1.165, 1.54) is 0 Å². The Bertz CT molecular complexity index is 1200. The molecule has 2 saturated heterocycles. The van der Waals surface area contributed by atoms with E-state index >= 15 is 0 Å². The zero-order valence-corrected chi connectivity index (χ0v) is 23.4. The fourth-order valence-electron chi connectivity index (χ4n) is 4.62. The lowest BCUT2D eigenvalue weighted by atomic mass is 10.2. The predicted molar refractivity (Wildman–Crippen MR) is 151 cm³/mol. The molecule has 3 aromatic rings. The molecule has 0 N–H and O–H groups in total. The molecule has 0 aromatic heterocycles. The number of halogens is 1. The summed E-state index contributed by atoms with van der Waals surface area (Å²) < 4.78 is 22.8. The highest BCUT2D eigenvalue weighted by Crippen LogP contribution is 2.57. The van der Waals surface area contributed by atoms with Gasteiger partial charge in [0.2, 0.25) is 8.45 Å². The van der Waals surface area contributed by atoms with E-state index in [0.29, 0.717) is 17.2 Å². The molecule has 9 heteroatoms. The van der Waals surface area contributed by atoms with Crippen molar-refractivity contribution in [2.24, 2.45) is 0 Å². The highest BCUT2D eigenvalue weighted by Gasteiger charge is 2.46. The Labute approximate surface area is 232 Å². The van der Waals surface area contributed by atoms with E-state index in [1.54, 1.807) is 48.5 Å². The standard InChI is InChI=1S/C29H30BrN2O5P/c30-26(20-35-28(33)22-11-4-1-5-12-22)27(21-36-29(34)23-13-6-2-7-14-23)37-38-31-18-10-17-25(31)19-32(38)24-15-8-3-9-16-24/h1-9,11-16,25-27H,10,17-21H2/t25-,26-,27-,38?/m0/s1. The Morgan fingerprint density at radius 3 is 2.00 bits per heavy atom. The van der Waals surface area contributed by atoms with Crippen molar-refractivity contribution in [2.75, 3.05) is 31.0 Å². The van der Waals surface area contributed by atoms with Gasteiger partial charge in [-0.1, -0.05) is 70.5 Å². The van der Waals surface area contributed by atoms with Gasteiger partial charge < -0.3 is 18.7 Å². The number of hydrogen-bond donors (Lipinski definition) is 0. The summed E-state index contributed by atoms with van der Waals surface area (Å²) in [6.45, 7) is 1.94. The molecule has 0 amide bonds. The van der Waals surface area contributed by atoms with Crippen molar-refractivity contribution >= 4 is 42.0 Å². The molecular weight excluding hydrogens is 567 g/mol. The molecule has 0 saturated carbocycles. The number of carbonyl (C=O) groups excluding carboxylic acids is 2. The van der Waals surface area contributed by atoms with E-state index in [1.807, 2.05) is 30.3 Å². The topological polar surface area (TPSA) is 68.3 Å². The highest BCUT2D eigenvalue weighted by atomic mass is 79.9. The summed E-state index contributed by atoms with van der Waals surface area (Å²) in [4.78, 5) is 24.9. The van der Waals surface area contributed by atoms with Crippen LogP contribution in [0.1, 0.15) is 33.6 Å². The van der Waals surface area contributed by atoms with Gasteiger partial charge in [0.25, 0.3) is 0 Å². The number of ether oxygens (including phenoxy) is 2. The lowest BCUT2D eigenvalue weighted by Gasteiger charge is -2.33. The fraction of sp³-hybridized carbons (Fsp3) is 0.310. The van der Waals surface area contributed by atoms with Crippen LogP contribution in [0.15, 0.2) is 91.0 Å². The van der Waals surface area contributed by atoms with Crippen molar-refractivity contribution in [1.82, 2.24) is 4.67 Å². The third-order valence-electron chi connectivity index (χ3n) is 6.61. The second-order valence-corrected chi connectivity index (χ2v) is 12.1. The van der Waals surface area contributed by atoms with Gasteiger partial charge in [0, 0.05) is 24.8 Å². The van der Waals surface area contributed by atoms with Crippen molar-refractivity contribution in [2.45, 2.75) is 29.8 Å². The molecule has 7 nitrogen and oxygen atoms in total. The second kappa shape index (κ2) is 12.9. The van der Waals surface area contributed by atoms with Crippen molar-refractivity contribution in [3.63, 3.8) is 0 Å². The first kappa shape index (κ1) is 26.8. The van der Waals surface area contributed by atoms with Gasteiger partial charge in [0.05, 0.1) is 16.0 Å².